The standard InChI is InChI=1S/C18H22ClN3O3/c1-12-7-9-13(10-8-12)22(2)16(23)11-24-18-20-17(21-25-18)14-5-3-4-6-15(14)19/h3-6,12-13H,7-11H2,1-2H3. The molecule has 0 radical (unpaired) electrons. The Morgan fingerprint density at radius 2 is 2.04 bits per heavy atom. The number of benzene rings is 1. The van der Waals surface area contributed by atoms with Crippen LogP contribution in [0.4, 0.5) is 0 Å². The lowest BCUT2D eigenvalue weighted by atomic mass is 9.87. The van der Waals surface area contributed by atoms with E-state index in [0.717, 1.165) is 31.6 Å². The largest absolute Gasteiger partial charge is 0.439 e. The number of ether oxygens (including phenoxy) is 1. The van der Waals surface area contributed by atoms with Gasteiger partial charge in [-0.25, -0.2) is 0 Å². The van der Waals surface area contributed by atoms with Crippen molar-refractivity contribution in [3.8, 4) is 17.5 Å². The van der Waals surface area contributed by atoms with E-state index in [2.05, 4.69) is 17.1 Å². The normalized spacial score (nSPS) is 20.3. The third-order valence-corrected chi connectivity index (χ3v) is 5.10. The predicted molar refractivity (Wildman–Crippen MR) is 94.4 cm³/mol. The molecule has 25 heavy (non-hydrogen) atoms. The summed E-state index contributed by atoms with van der Waals surface area (Å²) in [5.74, 6) is 0.998. The van der Waals surface area contributed by atoms with Gasteiger partial charge in [0.15, 0.2) is 6.61 Å². The summed E-state index contributed by atoms with van der Waals surface area (Å²) in [6.45, 7) is 2.14. The minimum Gasteiger partial charge on any atom is -0.439 e. The Morgan fingerprint density at radius 3 is 2.76 bits per heavy atom. The van der Waals surface area contributed by atoms with E-state index in [1.165, 1.54) is 0 Å². The number of carbonyl (C=O) groups is 1. The predicted octanol–water partition coefficient (Wildman–Crippen LogP) is 3.81. The second-order valence-corrected chi connectivity index (χ2v) is 6.98. The Hall–Kier alpha value is -2.08. The first-order valence-electron chi connectivity index (χ1n) is 8.51. The summed E-state index contributed by atoms with van der Waals surface area (Å²) in [4.78, 5) is 18.2. The van der Waals surface area contributed by atoms with Crippen molar-refractivity contribution in [2.45, 2.75) is 38.6 Å². The zero-order valence-corrected chi connectivity index (χ0v) is 15.2. The first-order valence-corrected chi connectivity index (χ1v) is 8.89. The van der Waals surface area contributed by atoms with Gasteiger partial charge in [0.1, 0.15) is 0 Å². The van der Waals surface area contributed by atoms with Gasteiger partial charge in [-0.15, -0.1) is 0 Å². The van der Waals surface area contributed by atoms with Crippen LogP contribution >= 0.6 is 11.6 Å². The zero-order valence-electron chi connectivity index (χ0n) is 14.4. The maximum absolute atomic E-state index is 12.3. The van der Waals surface area contributed by atoms with Gasteiger partial charge in [-0.05, 0) is 43.7 Å². The molecule has 1 aromatic carbocycles. The molecule has 0 saturated heterocycles. The number of rotatable bonds is 5. The average molecular weight is 364 g/mol. The molecule has 0 spiro atoms. The van der Waals surface area contributed by atoms with E-state index in [1.54, 1.807) is 17.0 Å². The van der Waals surface area contributed by atoms with Gasteiger partial charge in [0.05, 0.1) is 5.02 Å². The molecule has 0 atom stereocenters. The highest BCUT2D eigenvalue weighted by Crippen LogP contribution is 2.27. The first kappa shape index (κ1) is 17.7. The highest BCUT2D eigenvalue weighted by atomic mass is 35.5. The molecular weight excluding hydrogens is 342 g/mol. The van der Waals surface area contributed by atoms with Gasteiger partial charge in [0, 0.05) is 18.7 Å². The average Bonchev–Trinajstić information content (AvgIpc) is 3.09. The molecule has 1 aliphatic rings. The Kier molecular flexibility index (Phi) is 5.58. The Balaban J connectivity index is 1.55. The summed E-state index contributed by atoms with van der Waals surface area (Å²) in [5, 5.41) is 4.37. The van der Waals surface area contributed by atoms with Crippen LogP contribution in [0.15, 0.2) is 28.8 Å². The van der Waals surface area contributed by atoms with Gasteiger partial charge in [-0.1, -0.05) is 35.8 Å². The quantitative estimate of drug-likeness (QED) is 0.808. The molecular formula is C18H22ClN3O3. The molecule has 1 aromatic heterocycles. The maximum atomic E-state index is 12.3. The van der Waals surface area contributed by atoms with Crippen LogP contribution in [0.5, 0.6) is 6.08 Å². The molecule has 1 aliphatic carbocycles. The molecule has 134 valence electrons. The zero-order chi connectivity index (χ0) is 17.8. The van der Waals surface area contributed by atoms with Crippen LogP contribution < -0.4 is 4.74 Å². The fraction of sp³-hybridized carbons (Fsp3) is 0.500. The molecule has 1 fully saturated rings. The number of hydrogen-bond donors (Lipinski definition) is 0. The number of carbonyl (C=O) groups excluding carboxylic acids is 1. The van der Waals surface area contributed by atoms with Gasteiger partial charge in [-0.2, -0.15) is 4.98 Å². The molecule has 6 nitrogen and oxygen atoms in total. The van der Waals surface area contributed by atoms with Crippen LogP contribution in [0.3, 0.4) is 0 Å². The molecule has 7 heteroatoms. The topological polar surface area (TPSA) is 68.5 Å². The molecule has 1 saturated carbocycles. The smallest absolute Gasteiger partial charge is 0.418 e. The van der Waals surface area contributed by atoms with Gasteiger partial charge in [0.2, 0.25) is 5.82 Å². The Bertz CT molecular complexity index is 726. The highest BCUT2D eigenvalue weighted by molar-refractivity contribution is 6.33. The van der Waals surface area contributed by atoms with Crippen molar-refractivity contribution in [1.82, 2.24) is 15.0 Å². The summed E-state index contributed by atoms with van der Waals surface area (Å²) in [6, 6.07) is 7.48. The van der Waals surface area contributed by atoms with Gasteiger partial charge in [0.25, 0.3) is 5.91 Å². The van der Waals surface area contributed by atoms with Crippen molar-refractivity contribution in [3.05, 3.63) is 29.3 Å². The number of nitrogens with zero attached hydrogens (tertiary/aromatic N) is 3. The summed E-state index contributed by atoms with van der Waals surface area (Å²) in [6.07, 6.45) is 4.37. The van der Waals surface area contributed by atoms with Crippen molar-refractivity contribution < 1.29 is 14.1 Å². The highest BCUT2D eigenvalue weighted by Gasteiger charge is 2.25. The molecule has 0 unspecified atom stereocenters. The van der Waals surface area contributed by atoms with E-state index in [1.807, 2.05) is 19.2 Å². The van der Waals surface area contributed by atoms with Crippen molar-refractivity contribution in [3.63, 3.8) is 0 Å². The molecule has 3 rings (SSSR count). The van der Waals surface area contributed by atoms with E-state index >= 15 is 0 Å². The van der Waals surface area contributed by atoms with Crippen LogP contribution in [0, 0.1) is 5.92 Å². The molecule has 2 aromatic rings. The monoisotopic (exact) mass is 363 g/mol. The lowest BCUT2D eigenvalue weighted by molar-refractivity contribution is -0.135. The van der Waals surface area contributed by atoms with Crippen molar-refractivity contribution in [2.24, 2.45) is 5.92 Å². The summed E-state index contributed by atoms with van der Waals surface area (Å²) in [7, 11) is 1.83. The molecule has 0 aliphatic heterocycles. The van der Waals surface area contributed by atoms with E-state index in [0.29, 0.717) is 16.4 Å². The van der Waals surface area contributed by atoms with Crippen LogP contribution in [-0.4, -0.2) is 40.6 Å². The van der Waals surface area contributed by atoms with Crippen LogP contribution in [-0.2, 0) is 4.79 Å². The fourth-order valence-electron chi connectivity index (χ4n) is 3.08. The minimum absolute atomic E-state index is 0.0334. The lowest BCUT2D eigenvalue weighted by Gasteiger charge is -2.33. The van der Waals surface area contributed by atoms with Gasteiger partial charge < -0.3 is 9.64 Å². The third-order valence-electron chi connectivity index (χ3n) is 4.77. The van der Waals surface area contributed by atoms with Crippen molar-refractivity contribution in [2.75, 3.05) is 13.7 Å². The molecule has 0 bridgehead atoms. The van der Waals surface area contributed by atoms with E-state index in [9.17, 15) is 4.79 Å². The summed E-state index contributed by atoms with van der Waals surface area (Å²) >= 11 is 6.11. The third kappa shape index (κ3) is 4.31. The summed E-state index contributed by atoms with van der Waals surface area (Å²) in [5.41, 5.74) is 0.655. The van der Waals surface area contributed by atoms with Gasteiger partial charge >= 0.3 is 6.08 Å². The fourth-order valence-corrected chi connectivity index (χ4v) is 3.30. The molecule has 1 amide bonds. The number of aromatic nitrogens is 2. The Labute approximate surface area is 152 Å². The van der Waals surface area contributed by atoms with E-state index in [-0.39, 0.29) is 24.6 Å². The SMILES string of the molecule is CC1CCC(N(C)C(=O)COc2nc(-c3ccccc3Cl)no2)CC1. The molecule has 1 heterocycles. The number of hydrogen-bond acceptors (Lipinski definition) is 5. The number of halogens is 1. The lowest BCUT2D eigenvalue weighted by Crippen LogP contribution is -2.41. The molecule has 0 N–H and O–H groups in total. The number of amides is 1. The van der Waals surface area contributed by atoms with Crippen molar-refractivity contribution >= 4 is 17.5 Å². The van der Waals surface area contributed by atoms with Crippen molar-refractivity contribution in [1.29, 1.82) is 0 Å². The van der Waals surface area contributed by atoms with E-state index < -0.39 is 0 Å². The van der Waals surface area contributed by atoms with Crippen LogP contribution in [0.25, 0.3) is 11.4 Å². The summed E-state index contributed by atoms with van der Waals surface area (Å²) < 4.78 is 10.4. The Morgan fingerprint density at radius 1 is 1.32 bits per heavy atom. The van der Waals surface area contributed by atoms with Crippen LogP contribution in [0.1, 0.15) is 32.6 Å². The minimum atomic E-state index is -0.118. The van der Waals surface area contributed by atoms with Gasteiger partial charge in [-0.3, -0.25) is 9.32 Å². The second kappa shape index (κ2) is 7.87. The second-order valence-electron chi connectivity index (χ2n) is 6.57. The maximum Gasteiger partial charge on any atom is 0.418 e. The van der Waals surface area contributed by atoms with Crippen LogP contribution in [0.2, 0.25) is 5.02 Å². The van der Waals surface area contributed by atoms with E-state index in [4.69, 9.17) is 20.9 Å². The first-order chi connectivity index (χ1) is 12.0. The number of likely N-dealkylation sites (N-methyl/N-ethyl adjacent to an activating group) is 1.